The third-order valence-corrected chi connectivity index (χ3v) is 8.97. The zero-order chi connectivity index (χ0) is 36.7. The number of nitrogens with two attached hydrogens (primary N) is 4. The largest absolute Gasteiger partial charge is 0.291 e. The Hall–Kier alpha value is -7.17. The van der Waals surface area contributed by atoms with Crippen LogP contribution in [-0.4, -0.2) is 29.5 Å². The SMILES string of the molecule is NNC(=O)c1ccc2c3ccc(C(=O)NN)c4c(C(=O)NN)cc(C(=O)N(Nc5ccccc5)c5ccccc5)c(c5ccc(C(=O)NN)c1c25)c43. The summed E-state index contributed by atoms with van der Waals surface area (Å²) in [5.74, 6) is 18.9. The molecule has 0 aliphatic heterocycles. The van der Waals surface area contributed by atoms with E-state index in [0.717, 1.165) is 0 Å². The number of hydrogen-bond donors (Lipinski definition) is 9. The topological polar surface area (TPSA) is 253 Å². The number of carbonyl (C=O) groups is 5. The van der Waals surface area contributed by atoms with Gasteiger partial charge in [-0.3, -0.25) is 51.1 Å². The van der Waals surface area contributed by atoms with Crippen LogP contribution < -0.4 is 55.5 Å². The number of amides is 5. The number of nitrogens with one attached hydrogen (secondary N) is 5. The highest BCUT2D eigenvalue weighted by Gasteiger charge is 2.31. The molecule has 13 N–H and O–H groups in total. The van der Waals surface area contributed by atoms with E-state index in [2.05, 4.69) is 27.1 Å². The van der Waals surface area contributed by atoms with Crippen LogP contribution >= 0.6 is 0 Å². The average Bonchev–Trinajstić information content (AvgIpc) is 3.20. The number of hydrazine groups is 5. The van der Waals surface area contributed by atoms with Gasteiger partial charge in [0.2, 0.25) is 0 Å². The van der Waals surface area contributed by atoms with E-state index in [0.29, 0.717) is 43.7 Å². The fraction of sp³-hybridized carbons (Fsp3) is 0. The molecule has 0 heterocycles. The van der Waals surface area contributed by atoms with Gasteiger partial charge in [0.1, 0.15) is 0 Å². The summed E-state index contributed by atoms with van der Waals surface area (Å²) in [7, 11) is 0. The summed E-state index contributed by atoms with van der Waals surface area (Å²) in [5, 5.41) is 4.15. The van der Waals surface area contributed by atoms with E-state index in [9.17, 15) is 19.2 Å². The third-order valence-electron chi connectivity index (χ3n) is 8.97. The monoisotopic (exact) mass is 694 g/mol. The number of carbonyl (C=O) groups excluding carboxylic acids is 5. The highest BCUT2D eigenvalue weighted by Crippen LogP contribution is 2.46. The van der Waals surface area contributed by atoms with Gasteiger partial charge in [-0.2, -0.15) is 0 Å². The molecule has 0 bridgehead atoms. The minimum Gasteiger partial charge on any atom is -0.291 e. The van der Waals surface area contributed by atoms with Crippen molar-refractivity contribution < 1.29 is 24.0 Å². The molecule has 7 aromatic rings. The van der Waals surface area contributed by atoms with E-state index in [-0.39, 0.29) is 38.6 Å². The molecule has 7 aromatic carbocycles. The smallest absolute Gasteiger partial charge is 0.277 e. The van der Waals surface area contributed by atoms with E-state index < -0.39 is 29.5 Å². The van der Waals surface area contributed by atoms with Gasteiger partial charge in [0, 0.05) is 32.8 Å². The molecule has 0 aliphatic carbocycles. The minimum absolute atomic E-state index is 0.0154. The van der Waals surface area contributed by atoms with Crippen LogP contribution in [0.4, 0.5) is 11.4 Å². The second-order valence-electron chi connectivity index (χ2n) is 11.7. The van der Waals surface area contributed by atoms with Crippen LogP contribution in [-0.2, 0) is 0 Å². The molecule has 5 amide bonds. The van der Waals surface area contributed by atoms with Gasteiger partial charge in [-0.25, -0.2) is 28.4 Å². The van der Waals surface area contributed by atoms with E-state index in [4.69, 9.17) is 23.4 Å². The van der Waals surface area contributed by atoms with Gasteiger partial charge in [0.05, 0.1) is 22.5 Å². The molecule has 0 radical (unpaired) electrons. The molecule has 0 saturated carbocycles. The Bertz CT molecular complexity index is 2570. The van der Waals surface area contributed by atoms with Crippen molar-refractivity contribution in [1.82, 2.24) is 21.7 Å². The first kappa shape index (κ1) is 33.3. The molecule has 0 atom stereocenters. The predicted molar refractivity (Wildman–Crippen MR) is 198 cm³/mol. The predicted octanol–water partition coefficient (Wildman–Crippen LogP) is 2.83. The van der Waals surface area contributed by atoms with Crippen molar-refractivity contribution in [1.29, 1.82) is 0 Å². The van der Waals surface area contributed by atoms with Gasteiger partial charge in [-0.05, 0) is 75.5 Å². The van der Waals surface area contributed by atoms with Crippen LogP contribution in [0, 0.1) is 0 Å². The highest BCUT2D eigenvalue weighted by molar-refractivity contribution is 6.41. The molecule has 15 heteroatoms. The van der Waals surface area contributed by atoms with Crippen molar-refractivity contribution in [3.63, 3.8) is 0 Å². The summed E-state index contributed by atoms with van der Waals surface area (Å²) >= 11 is 0. The summed E-state index contributed by atoms with van der Waals surface area (Å²) in [5.41, 5.74) is 12.8. The number of nitrogens with zero attached hydrogens (tertiary/aromatic N) is 1. The maximum absolute atomic E-state index is 15.2. The Balaban J connectivity index is 1.71. The van der Waals surface area contributed by atoms with Crippen LogP contribution in [0.5, 0.6) is 0 Å². The summed E-state index contributed by atoms with van der Waals surface area (Å²) in [6, 6.07) is 28.5. The molecular formula is C37H30N10O5. The van der Waals surface area contributed by atoms with Crippen LogP contribution in [0.2, 0.25) is 0 Å². The van der Waals surface area contributed by atoms with Crippen molar-refractivity contribution in [2.24, 2.45) is 23.4 Å². The van der Waals surface area contributed by atoms with Gasteiger partial charge < -0.3 is 0 Å². The standard InChI is InChI=1S/C37H30N10O5/c38-42-33(48)23-14-11-20-21-12-15-25(35(50)44-40)31-26(36(51)45-41)17-27(29(32(21)31)22-13-16-24(34(49)43-39)30(23)28(20)22)37(52)47(19-9-5-2-6-10-19)46-18-7-3-1-4-8-18/h1-17,46H,38-41H2,(H,42,48)(H,43,49)(H,44,50)(H,45,51). The molecule has 0 unspecified atom stereocenters. The molecule has 0 aromatic heterocycles. The lowest BCUT2D eigenvalue weighted by Gasteiger charge is -2.27. The number of hydrogen-bond acceptors (Lipinski definition) is 10. The Morgan fingerprint density at radius 3 is 1.38 bits per heavy atom. The number of para-hydroxylation sites is 2. The molecular weight excluding hydrogens is 664 g/mol. The number of nitrogen functional groups attached to an aromatic ring is 4. The zero-order valence-electron chi connectivity index (χ0n) is 27.1. The lowest BCUT2D eigenvalue weighted by molar-refractivity contribution is 0.0941. The quantitative estimate of drug-likeness (QED) is 0.0370. The maximum Gasteiger partial charge on any atom is 0.277 e. The Labute approximate surface area is 294 Å². The van der Waals surface area contributed by atoms with Crippen LogP contribution in [0.25, 0.3) is 43.1 Å². The van der Waals surface area contributed by atoms with Crippen LogP contribution in [0.3, 0.4) is 0 Å². The van der Waals surface area contributed by atoms with Gasteiger partial charge in [0.25, 0.3) is 29.5 Å². The van der Waals surface area contributed by atoms with E-state index in [1.165, 1.54) is 29.3 Å². The second-order valence-corrected chi connectivity index (χ2v) is 11.7. The number of fused-ring (bicyclic) bond motifs is 2. The molecule has 0 fully saturated rings. The normalized spacial score (nSPS) is 11.1. The Morgan fingerprint density at radius 2 is 0.865 bits per heavy atom. The third kappa shape index (κ3) is 5.22. The zero-order valence-corrected chi connectivity index (χ0v) is 27.1. The number of benzene rings is 7. The lowest BCUT2D eigenvalue weighted by atomic mass is 9.82. The summed E-state index contributed by atoms with van der Waals surface area (Å²) in [4.78, 5) is 68.4. The van der Waals surface area contributed by atoms with Crippen LogP contribution in [0.1, 0.15) is 51.8 Å². The second kappa shape index (κ2) is 13.3. The molecule has 0 aliphatic rings. The fourth-order valence-corrected chi connectivity index (χ4v) is 6.80. The fourth-order valence-electron chi connectivity index (χ4n) is 6.80. The molecule has 15 nitrogen and oxygen atoms in total. The summed E-state index contributed by atoms with van der Waals surface area (Å²) in [6.07, 6.45) is 0. The number of rotatable bonds is 8. The van der Waals surface area contributed by atoms with E-state index in [1.54, 1.807) is 72.8 Å². The van der Waals surface area contributed by atoms with Crippen molar-refractivity contribution in [3.05, 3.63) is 131 Å². The highest BCUT2D eigenvalue weighted by atomic mass is 16.2. The molecule has 7 rings (SSSR count). The Kier molecular flexibility index (Phi) is 8.51. The summed E-state index contributed by atoms with van der Waals surface area (Å²) in [6.45, 7) is 0. The first-order valence-corrected chi connectivity index (χ1v) is 15.7. The maximum atomic E-state index is 15.2. The Morgan fingerprint density at radius 1 is 0.423 bits per heavy atom. The molecule has 0 saturated heterocycles. The van der Waals surface area contributed by atoms with Crippen molar-refractivity contribution >= 4 is 84.0 Å². The average molecular weight is 695 g/mol. The minimum atomic E-state index is -0.785. The van der Waals surface area contributed by atoms with Crippen molar-refractivity contribution in [2.45, 2.75) is 0 Å². The lowest BCUT2D eigenvalue weighted by Crippen LogP contribution is -2.37. The van der Waals surface area contributed by atoms with Gasteiger partial charge in [-0.1, -0.05) is 54.6 Å². The number of anilines is 2. The van der Waals surface area contributed by atoms with Gasteiger partial charge in [-0.15, -0.1) is 0 Å². The first-order chi connectivity index (χ1) is 25.2. The molecule has 0 spiro atoms. The molecule has 52 heavy (non-hydrogen) atoms. The first-order valence-electron chi connectivity index (χ1n) is 15.7. The van der Waals surface area contributed by atoms with Crippen molar-refractivity contribution in [2.75, 3.05) is 10.4 Å². The summed E-state index contributed by atoms with van der Waals surface area (Å²) < 4.78 is 0. The van der Waals surface area contributed by atoms with Crippen LogP contribution in [0.15, 0.2) is 103 Å². The van der Waals surface area contributed by atoms with E-state index >= 15 is 4.79 Å². The van der Waals surface area contributed by atoms with E-state index in [1.807, 2.05) is 6.07 Å². The van der Waals surface area contributed by atoms with Crippen molar-refractivity contribution in [3.8, 4) is 0 Å². The van der Waals surface area contributed by atoms with Gasteiger partial charge in [0.15, 0.2) is 0 Å². The van der Waals surface area contributed by atoms with Gasteiger partial charge >= 0.3 is 0 Å². The molecule has 258 valence electrons.